The number of nitrogens with zero attached hydrogens (tertiary/aromatic N) is 8. The number of halogens is 1. The van der Waals surface area contributed by atoms with Gasteiger partial charge in [-0.2, -0.15) is 5.26 Å². The molecule has 240 valence electrons. The predicted octanol–water partition coefficient (Wildman–Crippen LogP) is 5.67. The molecule has 5 heterocycles. The molecule has 2 fully saturated rings. The Labute approximate surface area is 276 Å². The second kappa shape index (κ2) is 12.7. The van der Waals surface area contributed by atoms with Gasteiger partial charge in [0.15, 0.2) is 5.13 Å². The van der Waals surface area contributed by atoms with Crippen molar-refractivity contribution >= 4 is 39.7 Å². The van der Waals surface area contributed by atoms with E-state index in [1.807, 2.05) is 51.8 Å². The first-order valence-corrected chi connectivity index (χ1v) is 16.7. The fraction of sp³-hybridized carbons (Fsp3) is 0.343. The van der Waals surface area contributed by atoms with Crippen molar-refractivity contribution in [1.29, 1.82) is 5.26 Å². The molecule has 10 nitrogen and oxygen atoms in total. The number of fused-ring (bicyclic) bond motifs is 1. The molecule has 12 heteroatoms. The van der Waals surface area contributed by atoms with Crippen LogP contribution in [-0.2, 0) is 11.2 Å². The van der Waals surface area contributed by atoms with E-state index in [0.29, 0.717) is 53.6 Å². The van der Waals surface area contributed by atoms with Gasteiger partial charge >= 0.3 is 0 Å². The molecule has 1 aliphatic carbocycles. The molecule has 1 saturated heterocycles. The van der Waals surface area contributed by atoms with Crippen LogP contribution in [0.15, 0.2) is 60.9 Å². The van der Waals surface area contributed by atoms with E-state index in [2.05, 4.69) is 24.0 Å². The predicted molar refractivity (Wildman–Crippen MR) is 180 cm³/mol. The largest absolute Gasteiger partial charge is 0.393 e. The number of piperazine rings is 1. The molecule has 0 spiro atoms. The van der Waals surface area contributed by atoms with Crippen molar-refractivity contribution < 1.29 is 14.3 Å². The third kappa shape index (κ3) is 5.92. The SMILES string of the molecule is CCc1nc2ccc(-c3ccc(N4CCN(C(=O)[C@H]5CC[C@H](O)C5)CC4)nc3)cn2c1N(C)c1nc(-c2ccc(F)cc2)c(C#N)s1. The van der Waals surface area contributed by atoms with E-state index in [1.54, 1.807) is 12.1 Å². The van der Waals surface area contributed by atoms with Crippen LogP contribution >= 0.6 is 11.3 Å². The summed E-state index contributed by atoms with van der Waals surface area (Å²) in [5, 5.41) is 20.3. The second-order valence-corrected chi connectivity index (χ2v) is 13.1. The number of carbonyl (C=O) groups excluding carboxylic acids is 1. The summed E-state index contributed by atoms with van der Waals surface area (Å²) in [4.78, 5) is 33.9. The van der Waals surface area contributed by atoms with Crippen LogP contribution in [0.2, 0.25) is 0 Å². The maximum atomic E-state index is 13.6. The Kier molecular flexibility index (Phi) is 8.34. The summed E-state index contributed by atoms with van der Waals surface area (Å²) in [6.07, 6.45) is 6.36. The summed E-state index contributed by atoms with van der Waals surface area (Å²) < 4.78 is 15.6. The van der Waals surface area contributed by atoms with E-state index in [-0.39, 0.29) is 23.7 Å². The lowest BCUT2D eigenvalue weighted by Crippen LogP contribution is -2.50. The van der Waals surface area contributed by atoms with Gasteiger partial charge in [0, 0.05) is 68.2 Å². The van der Waals surface area contributed by atoms with Crippen molar-refractivity contribution in [2.24, 2.45) is 5.92 Å². The third-order valence-corrected chi connectivity index (χ3v) is 10.2. The second-order valence-electron chi connectivity index (χ2n) is 12.1. The highest BCUT2D eigenvalue weighted by Crippen LogP contribution is 2.37. The van der Waals surface area contributed by atoms with Gasteiger partial charge in [-0.25, -0.2) is 19.3 Å². The number of hydrogen-bond donors (Lipinski definition) is 1. The minimum absolute atomic E-state index is 0.0500. The number of anilines is 3. The minimum Gasteiger partial charge on any atom is -0.393 e. The lowest BCUT2D eigenvalue weighted by atomic mass is 10.1. The average molecular weight is 651 g/mol. The van der Waals surface area contributed by atoms with Gasteiger partial charge in [0.25, 0.3) is 0 Å². The number of amides is 1. The zero-order valence-electron chi connectivity index (χ0n) is 26.3. The van der Waals surface area contributed by atoms with Gasteiger partial charge in [-0.3, -0.25) is 9.20 Å². The van der Waals surface area contributed by atoms with Gasteiger partial charge in [-0.05, 0) is 74.2 Å². The van der Waals surface area contributed by atoms with Crippen molar-refractivity contribution in [3.05, 3.63) is 77.3 Å². The standard InChI is InChI=1S/C35H35FN8O2S/c1-3-28-33(41(2)35-40-32(29(19-37)47-35)22-4-9-26(36)10-5-22)44-21-25(8-13-31(44)39-28)24-7-12-30(38-20-24)42-14-16-43(17-15-42)34(46)23-6-11-27(45)18-23/h4-5,7-10,12-13,20-21,23,27,45H,3,6,11,14-18H2,1-2H3/t23-,27-/m0/s1. The molecule has 4 aromatic heterocycles. The van der Waals surface area contributed by atoms with Crippen LogP contribution < -0.4 is 9.80 Å². The fourth-order valence-corrected chi connectivity index (χ4v) is 7.45. The van der Waals surface area contributed by atoms with Gasteiger partial charge in [-0.15, -0.1) is 0 Å². The van der Waals surface area contributed by atoms with E-state index >= 15 is 0 Å². The Morgan fingerprint density at radius 2 is 1.79 bits per heavy atom. The maximum Gasteiger partial charge on any atom is 0.225 e. The number of aliphatic hydroxyl groups excluding tert-OH is 1. The van der Waals surface area contributed by atoms with Crippen molar-refractivity contribution in [3.63, 3.8) is 0 Å². The van der Waals surface area contributed by atoms with E-state index < -0.39 is 0 Å². The number of aliphatic hydroxyl groups is 1. The number of nitriles is 1. The Balaban J connectivity index is 1.11. The number of thiazole rings is 1. The van der Waals surface area contributed by atoms with Crippen LogP contribution in [0.3, 0.4) is 0 Å². The number of rotatable bonds is 7. The van der Waals surface area contributed by atoms with E-state index in [1.165, 1.54) is 23.5 Å². The molecule has 0 unspecified atom stereocenters. The zero-order chi connectivity index (χ0) is 32.7. The maximum absolute atomic E-state index is 13.6. The molecule has 1 aliphatic heterocycles. The molecule has 1 N–H and O–H groups in total. The van der Waals surface area contributed by atoms with Crippen molar-refractivity contribution in [1.82, 2.24) is 24.3 Å². The quantitative estimate of drug-likeness (QED) is 0.240. The molecular weight excluding hydrogens is 616 g/mol. The summed E-state index contributed by atoms with van der Waals surface area (Å²) in [6.45, 7) is 4.81. The van der Waals surface area contributed by atoms with Gasteiger partial charge in [-0.1, -0.05) is 18.3 Å². The summed E-state index contributed by atoms with van der Waals surface area (Å²) >= 11 is 1.29. The molecule has 47 heavy (non-hydrogen) atoms. The van der Waals surface area contributed by atoms with Gasteiger partial charge in [0.2, 0.25) is 5.91 Å². The number of hydrogen-bond acceptors (Lipinski definition) is 9. The summed E-state index contributed by atoms with van der Waals surface area (Å²) in [5.74, 6) is 1.52. The van der Waals surface area contributed by atoms with Gasteiger partial charge in [0.1, 0.15) is 39.7 Å². The number of benzene rings is 1. The highest BCUT2D eigenvalue weighted by atomic mass is 32.1. The van der Waals surface area contributed by atoms with Gasteiger partial charge in [0.05, 0.1) is 11.8 Å². The number of carbonyl (C=O) groups is 1. The first-order valence-electron chi connectivity index (χ1n) is 15.9. The van der Waals surface area contributed by atoms with Crippen LogP contribution in [0.5, 0.6) is 0 Å². The molecular formula is C35H35FN8O2S. The molecule has 0 bridgehead atoms. The molecule has 2 atom stereocenters. The molecule has 0 radical (unpaired) electrons. The van der Waals surface area contributed by atoms with E-state index in [9.17, 15) is 19.6 Å². The number of pyridine rings is 2. The highest BCUT2D eigenvalue weighted by Gasteiger charge is 2.33. The van der Waals surface area contributed by atoms with Crippen LogP contribution in [-0.4, -0.2) is 74.6 Å². The first-order chi connectivity index (χ1) is 22.8. The third-order valence-electron chi connectivity index (χ3n) is 9.19. The molecule has 1 saturated carbocycles. The molecule has 2 aliphatic rings. The lowest BCUT2D eigenvalue weighted by molar-refractivity contribution is -0.135. The number of imidazole rings is 1. The normalized spacial score (nSPS) is 18.1. The van der Waals surface area contributed by atoms with Crippen molar-refractivity contribution in [2.45, 2.75) is 38.7 Å². The Bertz CT molecular complexity index is 1960. The summed E-state index contributed by atoms with van der Waals surface area (Å²) in [7, 11) is 1.92. The smallest absolute Gasteiger partial charge is 0.225 e. The van der Waals surface area contributed by atoms with Crippen LogP contribution in [0.4, 0.5) is 21.2 Å². The summed E-state index contributed by atoms with van der Waals surface area (Å²) in [5.41, 5.74) is 4.85. The van der Waals surface area contributed by atoms with Crippen LogP contribution in [0.1, 0.15) is 36.8 Å². The Morgan fingerprint density at radius 3 is 2.45 bits per heavy atom. The molecule has 1 amide bonds. The first kappa shape index (κ1) is 30.8. The van der Waals surface area contributed by atoms with E-state index in [4.69, 9.17) is 15.0 Å². The Morgan fingerprint density at radius 1 is 1.04 bits per heavy atom. The molecule has 7 rings (SSSR count). The average Bonchev–Trinajstić information content (AvgIpc) is 3.84. The van der Waals surface area contributed by atoms with Crippen molar-refractivity contribution in [2.75, 3.05) is 43.0 Å². The van der Waals surface area contributed by atoms with Crippen LogP contribution in [0, 0.1) is 23.1 Å². The topological polar surface area (TPSA) is 114 Å². The monoisotopic (exact) mass is 650 g/mol. The molecule has 5 aromatic rings. The highest BCUT2D eigenvalue weighted by molar-refractivity contribution is 7.16. The minimum atomic E-state index is -0.346. The Hall–Kier alpha value is -4.86. The number of aromatic nitrogens is 4. The molecule has 1 aromatic carbocycles. The fourth-order valence-electron chi connectivity index (χ4n) is 6.61. The lowest BCUT2D eigenvalue weighted by Gasteiger charge is -2.36. The van der Waals surface area contributed by atoms with Crippen molar-refractivity contribution in [3.8, 4) is 28.5 Å². The van der Waals surface area contributed by atoms with Gasteiger partial charge < -0.3 is 19.8 Å². The zero-order valence-corrected chi connectivity index (χ0v) is 27.1. The summed E-state index contributed by atoms with van der Waals surface area (Å²) in [6, 6.07) is 16.4. The van der Waals surface area contributed by atoms with E-state index in [0.717, 1.165) is 53.6 Å². The number of aryl methyl sites for hydroxylation is 1. The van der Waals surface area contributed by atoms with Crippen LogP contribution in [0.25, 0.3) is 28.0 Å².